The van der Waals surface area contributed by atoms with Gasteiger partial charge in [0.15, 0.2) is 0 Å². The number of hydrogen-bond donors (Lipinski definition) is 2. The van der Waals surface area contributed by atoms with Crippen molar-refractivity contribution in [1.29, 1.82) is 0 Å². The number of aromatic hydroxyl groups is 2. The highest BCUT2D eigenvalue weighted by Crippen LogP contribution is 2.25. The van der Waals surface area contributed by atoms with Crippen LogP contribution in [0.4, 0.5) is 0 Å². The minimum Gasteiger partial charge on any atom is -0.508 e. The Morgan fingerprint density at radius 3 is 1.54 bits per heavy atom. The molecule has 5 nitrogen and oxygen atoms in total. The molecule has 0 amide bonds. The highest BCUT2D eigenvalue weighted by molar-refractivity contribution is 7.17. The Labute approximate surface area is 154 Å². The Kier molecular flexibility index (Phi) is 3.82. The van der Waals surface area contributed by atoms with E-state index in [1.807, 2.05) is 0 Å². The Morgan fingerprint density at radius 2 is 1.12 bits per heavy atom. The lowest BCUT2D eigenvalue weighted by atomic mass is 10.1. The summed E-state index contributed by atoms with van der Waals surface area (Å²) in [5.74, 6) is -0.556. The molecule has 26 heavy (non-hydrogen) atoms. The van der Waals surface area contributed by atoms with Crippen LogP contribution in [0.3, 0.4) is 0 Å². The average Bonchev–Trinajstić information content (AvgIpc) is 2.59. The molecule has 2 aromatic heterocycles. The van der Waals surface area contributed by atoms with E-state index in [1.165, 1.54) is 36.4 Å². The van der Waals surface area contributed by atoms with E-state index in [9.17, 15) is 24.6 Å². The van der Waals surface area contributed by atoms with E-state index in [0.717, 1.165) is 22.7 Å². The molecule has 7 heteroatoms. The van der Waals surface area contributed by atoms with Gasteiger partial charge in [-0.2, -0.15) is 0 Å². The normalized spacial score (nSPS) is 11.1. The fraction of sp³-hybridized carbons (Fsp3) is 0. The van der Waals surface area contributed by atoms with Crippen molar-refractivity contribution in [3.63, 3.8) is 0 Å². The number of fused-ring (bicyclic) bond motifs is 2. The summed E-state index contributed by atoms with van der Waals surface area (Å²) in [5, 5.41) is 20.3. The van der Waals surface area contributed by atoms with Crippen molar-refractivity contribution in [2.45, 2.75) is 0 Å². The smallest absolute Gasteiger partial charge is 0.244 e. The van der Waals surface area contributed by atoms with E-state index in [1.54, 1.807) is 12.1 Å². The largest absolute Gasteiger partial charge is 0.508 e. The van der Waals surface area contributed by atoms with E-state index in [-0.39, 0.29) is 22.6 Å². The fourth-order valence-corrected chi connectivity index (χ4v) is 4.43. The van der Waals surface area contributed by atoms with Crippen LogP contribution in [0.5, 0.6) is 11.5 Å². The molecule has 4 aromatic rings. The van der Waals surface area contributed by atoms with Crippen molar-refractivity contribution in [1.82, 2.24) is 0 Å². The molecule has 0 spiro atoms. The van der Waals surface area contributed by atoms with Gasteiger partial charge < -0.3 is 10.2 Å². The number of carbonyl (C=O) groups is 1. The highest BCUT2D eigenvalue weighted by atomic mass is 32.1. The number of ketones is 1. The molecular weight excluding hydrogens is 372 g/mol. The number of benzene rings is 2. The SMILES string of the molecule is O=C(c1cc2ccc(O)cc2sc1=O)c1cc2ccc(O)cc2sc1=O. The molecule has 0 unspecified atom stereocenters. The van der Waals surface area contributed by atoms with Gasteiger partial charge in [0.2, 0.25) is 15.3 Å². The third-order valence-corrected chi connectivity index (χ3v) is 5.89. The monoisotopic (exact) mass is 382 g/mol. The number of phenols is 2. The summed E-state index contributed by atoms with van der Waals surface area (Å²) in [5.41, 5.74) is -0.147. The minimum atomic E-state index is -0.627. The minimum absolute atomic E-state index is 0.0358. The maximum absolute atomic E-state index is 12.8. The lowest BCUT2D eigenvalue weighted by molar-refractivity contribution is 0.103. The van der Waals surface area contributed by atoms with E-state index in [2.05, 4.69) is 0 Å². The van der Waals surface area contributed by atoms with Crippen molar-refractivity contribution in [2.24, 2.45) is 0 Å². The molecule has 0 radical (unpaired) electrons. The number of phenolic OH excluding ortho intramolecular Hbond substituents is 2. The van der Waals surface area contributed by atoms with E-state index < -0.39 is 15.3 Å². The van der Waals surface area contributed by atoms with Gasteiger partial charge in [-0.15, -0.1) is 0 Å². The Balaban J connectivity index is 1.90. The molecule has 0 aliphatic heterocycles. The average molecular weight is 382 g/mol. The van der Waals surface area contributed by atoms with Crippen LogP contribution in [-0.2, 0) is 0 Å². The van der Waals surface area contributed by atoms with Crippen LogP contribution in [0.1, 0.15) is 15.9 Å². The number of hydrogen-bond acceptors (Lipinski definition) is 7. The van der Waals surface area contributed by atoms with Crippen LogP contribution in [0.2, 0.25) is 0 Å². The molecule has 0 saturated heterocycles. The van der Waals surface area contributed by atoms with Gasteiger partial charge in [-0.05, 0) is 59.3 Å². The summed E-state index contributed by atoms with van der Waals surface area (Å²) in [6, 6.07) is 12.0. The second-order valence-corrected chi connectivity index (χ2v) is 7.70. The fourth-order valence-electron chi connectivity index (χ4n) is 2.66. The highest BCUT2D eigenvalue weighted by Gasteiger charge is 2.19. The number of carbonyl (C=O) groups excluding carboxylic acids is 1. The first-order chi connectivity index (χ1) is 12.4. The molecule has 4 rings (SSSR count). The van der Waals surface area contributed by atoms with E-state index in [4.69, 9.17) is 0 Å². The second kappa shape index (κ2) is 6.05. The van der Waals surface area contributed by atoms with E-state index in [0.29, 0.717) is 20.2 Å². The molecule has 128 valence electrons. The van der Waals surface area contributed by atoms with Gasteiger partial charge in [-0.1, -0.05) is 22.7 Å². The van der Waals surface area contributed by atoms with Gasteiger partial charge in [0.25, 0.3) is 0 Å². The van der Waals surface area contributed by atoms with Gasteiger partial charge in [0, 0.05) is 9.40 Å². The summed E-state index contributed by atoms with van der Waals surface area (Å²) >= 11 is 1.70. The van der Waals surface area contributed by atoms with Crippen molar-refractivity contribution in [2.75, 3.05) is 0 Å². The lowest BCUT2D eigenvalue weighted by Crippen LogP contribution is -2.18. The van der Waals surface area contributed by atoms with Crippen LogP contribution < -0.4 is 9.48 Å². The molecule has 0 bridgehead atoms. The molecule has 0 aliphatic carbocycles. The van der Waals surface area contributed by atoms with Gasteiger partial charge in [-0.25, -0.2) is 0 Å². The van der Waals surface area contributed by atoms with E-state index >= 15 is 0 Å². The molecule has 0 fully saturated rings. The van der Waals surface area contributed by atoms with Gasteiger partial charge >= 0.3 is 0 Å². The third-order valence-electron chi connectivity index (χ3n) is 3.93. The van der Waals surface area contributed by atoms with Crippen molar-refractivity contribution >= 4 is 48.6 Å². The summed E-state index contributed by atoms with van der Waals surface area (Å²) in [4.78, 5) is 37.6. The third kappa shape index (κ3) is 2.77. The topological polar surface area (TPSA) is 91.7 Å². The second-order valence-electron chi connectivity index (χ2n) is 5.67. The van der Waals surface area contributed by atoms with Crippen molar-refractivity contribution in [3.8, 4) is 11.5 Å². The summed E-state index contributed by atoms with van der Waals surface area (Å²) in [6.07, 6.45) is 0. The first-order valence-electron chi connectivity index (χ1n) is 7.51. The Morgan fingerprint density at radius 1 is 0.692 bits per heavy atom. The Bertz CT molecular complexity index is 1220. The maximum Gasteiger partial charge on any atom is 0.244 e. The van der Waals surface area contributed by atoms with Crippen molar-refractivity contribution < 1.29 is 15.0 Å². The van der Waals surface area contributed by atoms with Gasteiger partial charge in [-0.3, -0.25) is 14.4 Å². The molecule has 2 N–H and O–H groups in total. The van der Waals surface area contributed by atoms with Crippen LogP contribution in [-0.4, -0.2) is 16.0 Å². The quantitative estimate of drug-likeness (QED) is 0.518. The first kappa shape index (κ1) is 16.4. The molecular formula is C19H10O5S2. The standard InChI is InChI=1S/C19H10O5S2/c20-11-3-1-9-5-13(18(23)25-15(9)7-11)17(22)14-6-10-2-4-12(21)8-16(10)26-19(14)24/h1-8,20-21H. The van der Waals surface area contributed by atoms with Crippen LogP contribution in [0, 0.1) is 0 Å². The lowest BCUT2D eigenvalue weighted by Gasteiger charge is -2.04. The summed E-state index contributed by atoms with van der Waals surface area (Å²) in [7, 11) is 0. The predicted molar refractivity (Wildman–Crippen MR) is 103 cm³/mol. The van der Waals surface area contributed by atoms with Crippen LogP contribution in [0.15, 0.2) is 58.1 Å². The van der Waals surface area contributed by atoms with Gasteiger partial charge in [0.05, 0.1) is 11.1 Å². The zero-order valence-corrected chi connectivity index (χ0v) is 14.7. The zero-order chi connectivity index (χ0) is 18.4. The molecule has 0 aliphatic rings. The summed E-state index contributed by atoms with van der Waals surface area (Å²) in [6.45, 7) is 0. The van der Waals surface area contributed by atoms with Gasteiger partial charge in [0.1, 0.15) is 11.5 Å². The molecule has 2 heterocycles. The van der Waals surface area contributed by atoms with Crippen LogP contribution in [0.25, 0.3) is 20.2 Å². The van der Waals surface area contributed by atoms with Crippen LogP contribution >= 0.6 is 22.7 Å². The summed E-state index contributed by atoms with van der Waals surface area (Å²) < 4.78 is 0.183. The maximum atomic E-state index is 12.8. The Hall–Kier alpha value is -3.03. The predicted octanol–water partition coefficient (Wildman–Crippen LogP) is 3.48. The first-order valence-corrected chi connectivity index (χ1v) is 9.14. The number of rotatable bonds is 2. The molecule has 0 saturated carbocycles. The molecule has 2 aromatic carbocycles. The molecule has 0 atom stereocenters. The van der Waals surface area contributed by atoms with Crippen molar-refractivity contribution in [3.05, 3.63) is 78.7 Å². The zero-order valence-electron chi connectivity index (χ0n) is 13.1.